The van der Waals surface area contributed by atoms with E-state index in [1.165, 1.54) is 17.0 Å². The van der Waals surface area contributed by atoms with E-state index in [1.807, 2.05) is 0 Å². The second kappa shape index (κ2) is 8.12. The van der Waals surface area contributed by atoms with E-state index in [-0.39, 0.29) is 17.5 Å². The lowest BCUT2D eigenvalue weighted by Gasteiger charge is -2.31. The van der Waals surface area contributed by atoms with E-state index in [0.717, 1.165) is 6.42 Å². The molecule has 0 bridgehead atoms. The summed E-state index contributed by atoms with van der Waals surface area (Å²) in [5, 5.41) is 3.07. The standard InChI is InChI=1S/C23H21FN6O3/c1-29(2)22(32)17-5-3-13(7-18(17)24)14-9-26-23(27-10-14)28-15-8-19-21(25-11-15)33-12-16-4-6-20(31)30(16)19/h3,5,7-11,16H,4,6,12H2,1-2H3,(H,26,27,28)/t16-/m0/s1. The van der Waals surface area contributed by atoms with Gasteiger partial charge in [-0.05, 0) is 30.2 Å². The van der Waals surface area contributed by atoms with Gasteiger partial charge in [0.15, 0.2) is 0 Å². The second-order valence-electron chi connectivity index (χ2n) is 8.13. The normalized spacial score (nSPS) is 16.6. The van der Waals surface area contributed by atoms with Gasteiger partial charge in [0.2, 0.25) is 17.7 Å². The van der Waals surface area contributed by atoms with E-state index in [9.17, 15) is 14.0 Å². The number of hydrogen-bond donors (Lipinski definition) is 1. The van der Waals surface area contributed by atoms with E-state index in [4.69, 9.17) is 4.74 Å². The highest BCUT2D eigenvalue weighted by molar-refractivity contribution is 5.98. The molecular weight excluding hydrogens is 427 g/mol. The molecular formula is C23H21FN6O3. The molecule has 1 fully saturated rings. The van der Waals surface area contributed by atoms with Crippen molar-refractivity contribution in [2.24, 2.45) is 0 Å². The van der Waals surface area contributed by atoms with Gasteiger partial charge in [0, 0.05) is 38.5 Å². The Morgan fingerprint density at radius 3 is 2.67 bits per heavy atom. The van der Waals surface area contributed by atoms with Crippen molar-refractivity contribution in [2.45, 2.75) is 18.9 Å². The monoisotopic (exact) mass is 448 g/mol. The zero-order valence-corrected chi connectivity index (χ0v) is 18.1. The fraction of sp³-hybridized carbons (Fsp3) is 0.261. The molecule has 1 N–H and O–H groups in total. The minimum atomic E-state index is -0.606. The maximum absolute atomic E-state index is 14.4. The van der Waals surface area contributed by atoms with Crippen molar-refractivity contribution < 1.29 is 18.7 Å². The number of benzene rings is 1. The quantitative estimate of drug-likeness (QED) is 0.655. The van der Waals surface area contributed by atoms with Gasteiger partial charge in [-0.1, -0.05) is 6.07 Å². The van der Waals surface area contributed by atoms with Crippen molar-refractivity contribution >= 4 is 29.1 Å². The molecule has 2 amide bonds. The van der Waals surface area contributed by atoms with Gasteiger partial charge < -0.3 is 19.9 Å². The molecule has 0 saturated carbocycles. The number of halogens is 1. The Morgan fingerprint density at radius 1 is 1.15 bits per heavy atom. The second-order valence-corrected chi connectivity index (χ2v) is 8.13. The van der Waals surface area contributed by atoms with Crippen molar-refractivity contribution in [3.63, 3.8) is 0 Å². The van der Waals surface area contributed by atoms with Crippen molar-refractivity contribution in [2.75, 3.05) is 30.9 Å². The summed E-state index contributed by atoms with van der Waals surface area (Å²) in [5.41, 5.74) is 2.41. The van der Waals surface area contributed by atoms with Crippen LogP contribution in [0.1, 0.15) is 23.2 Å². The largest absolute Gasteiger partial charge is 0.474 e. The topological polar surface area (TPSA) is 101 Å². The molecule has 2 aliphatic heterocycles. The average molecular weight is 448 g/mol. The van der Waals surface area contributed by atoms with Gasteiger partial charge in [-0.25, -0.2) is 19.3 Å². The number of nitrogens with zero attached hydrogens (tertiary/aromatic N) is 5. The summed E-state index contributed by atoms with van der Waals surface area (Å²) >= 11 is 0. The van der Waals surface area contributed by atoms with Crippen molar-refractivity contribution in [3.05, 3.63) is 54.2 Å². The number of rotatable bonds is 4. The first-order valence-corrected chi connectivity index (χ1v) is 10.5. The third kappa shape index (κ3) is 3.84. The molecule has 2 aromatic heterocycles. The molecule has 10 heteroatoms. The molecule has 3 aromatic rings. The highest BCUT2D eigenvalue weighted by atomic mass is 19.1. The lowest BCUT2D eigenvalue weighted by molar-refractivity contribution is -0.117. The number of pyridine rings is 1. The molecule has 9 nitrogen and oxygen atoms in total. The SMILES string of the molecule is CN(C)C(=O)c1ccc(-c2cnc(Nc3cnc4c(c3)N3C(=O)CC[C@H]3CO4)nc2)cc1F. The van der Waals surface area contributed by atoms with Crippen LogP contribution in [-0.2, 0) is 4.79 Å². The number of hydrogen-bond acceptors (Lipinski definition) is 7. The fourth-order valence-corrected chi connectivity index (χ4v) is 3.98. The lowest BCUT2D eigenvalue weighted by Crippen LogP contribution is -2.40. The number of ether oxygens (including phenoxy) is 1. The molecule has 0 spiro atoms. The number of carbonyl (C=O) groups excluding carboxylic acids is 2. The zero-order chi connectivity index (χ0) is 23.1. The van der Waals surface area contributed by atoms with Gasteiger partial charge in [0.1, 0.15) is 18.1 Å². The van der Waals surface area contributed by atoms with E-state index in [1.54, 1.807) is 49.7 Å². The van der Waals surface area contributed by atoms with Crippen LogP contribution in [-0.4, -0.2) is 58.4 Å². The predicted octanol–water partition coefficient (Wildman–Crippen LogP) is 3.01. The van der Waals surface area contributed by atoms with Crippen LogP contribution in [0.4, 0.5) is 21.7 Å². The number of nitrogens with one attached hydrogen (secondary N) is 1. The van der Waals surface area contributed by atoms with Gasteiger partial charge in [-0.2, -0.15) is 0 Å². The third-order valence-corrected chi connectivity index (χ3v) is 5.68. The Kier molecular flexibility index (Phi) is 5.12. The number of amides is 2. The smallest absolute Gasteiger partial charge is 0.256 e. The summed E-state index contributed by atoms with van der Waals surface area (Å²) in [6.07, 6.45) is 5.98. The minimum absolute atomic E-state index is 0.00516. The van der Waals surface area contributed by atoms with Crippen LogP contribution in [0.25, 0.3) is 11.1 Å². The molecule has 1 saturated heterocycles. The van der Waals surface area contributed by atoms with Crippen molar-refractivity contribution in [1.29, 1.82) is 0 Å². The average Bonchev–Trinajstić information content (AvgIpc) is 3.20. The number of anilines is 3. The molecule has 4 heterocycles. The number of aromatic nitrogens is 3. The summed E-state index contributed by atoms with van der Waals surface area (Å²) in [6.45, 7) is 0.452. The Bertz CT molecular complexity index is 1250. The van der Waals surface area contributed by atoms with Crippen LogP contribution >= 0.6 is 0 Å². The number of carbonyl (C=O) groups is 2. The van der Waals surface area contributed by atoms with E-state index >= 15 is 0 Å². The maximum Gasteiger partial charge on any atom is 0.256 e. The first-order chi connectivity index (χ1) is 15.9. The fourth-order valence-electron chi connectivity index (χ4n) is 3.98. The first-order valence-electron chi connectivity index (χ1n) is 10.5. The Morgan fingerprint density at radius 2 is 1.94 bits per heavy atom. The third-order valence-electron chi connectivity index (χ3n) is 5.68. The highest BCUT2D eigenvalue weighted by Gasteiger charge is 2.38. The van der Waals surface area contributed by atoms with Crippen molar-refractivity contribution in [1.82, 2.24) is 19.9 Å². The zero-order valence-electron chi connectivity index (χ0n) is 18.1. The number of fused-ring (bicyclic) bond motifs is 3. The van der Waals surface area contributed by atoms with Gasteiger partial charge in [0.05, 0.1) is 23.5 Å². The van der Waals surface area contributed by atoms with Gasteiger partial charge in [-0.3, -0.25) is 9.59 Å². The highest BCUT2D eigenvalue weighted by Crippen LogP contribution is 2.38. The summed E-state index contributed by atoms with van der Waals surface area (Å²) in [6, 6.07) is 6.23. The summed E-state index contributed by atoms with van der Waals surface area (Å²) in [7, 11) is 3.14. The molecule has 0 unspecified atom stereocenters. The molecule has 1 atom stereocenters. The molecule has 5 rings (SSSR count). The minimum Gasteiger partial charge on any atom is -0.474 e. The van der Waals surface area contributed by atoms with E-state index < -0.39 is 11.7 Å². The first kappa shape index (κ1) is 20.8. The van der Waals surface area contributed by atoms with Crippen molar-refractivity contribution in [3.8, 4) is 17.0 Å². The maximum atomic E-state index is 14.4. The van der Waals surface area contributed by atoms with Crippen LogP contribution in [0, 0.1) is 5.82 Å². The predicted molar refractivity (Wildman–Crippen MR) is 119 cm³/mol. The van der Waals surface area contributed by atoms with Crippen LogP contribution in [0.5, 0.6) is 5.88 Å². The summed E-state index contributed by atoms with van der Waals surface area (Å²) in [5.74, 6) is -0.191. The van der Waals surface area contributed by atoms with Crippen LogP contribution in [0.15, 0.2) is 42.9 Å². The Labute approximate surface area is 189 Å². The van der Waals surface area contributed by atoms with Gasteiger partial charge in [-0.15, -0.1) is 0 Å². The summed E-state index contributed by atoms with van der Waals surface area (Å²) in [4.78, 5) is 40.3. The molecule has 0 aliphatic carbocycles. The van der Waals surface area contributed by atoms with Crippen LogP contribution < -0.4 is 15.0 Å². The van der Waals surface area contributed by atoms with E-state index in [0.29, 0.717) is 47.4 Å². The lowest BCUT2D eigenvalue weighted by atomic mass is 10.1. The molecule has 168 valence electrons. The Balaban J connectivity index is 1.35. The molecule has 1 aromatic carbocycles. The molecule has 2 aliphatic rings. The van der Waals surface area contributed by atoms with Crippen LogP contribution in [0.2, 0.25) is 0 Å². The van der Waals surface area contributed by atoms with Gasteiger partial charge in [0.25, 0.3) is 5.91 Å². The Hall–Kier alpha value is -4.08. The molecule has 0 radical (unpaired) electrons. The van der Waals surface area contributed by atoms with E-state index in [2.05, 4.69) is 20.3 Å². The van der Waals surface area contributed by atoms with Crippen LogP contribution in [0.3, 0.4) is 0 Å². The van der Waals surface area contributed by atoms with Gasteiger partial charge >= 0.3 is 0 Å². The summed E-state index contributed by atoms with van der Waals surface area (Å²) < 4.78 is 20.1. The molecule has 33 heavy (non-hydrogen) atoms.